The SMILES string of the molecule is COc1cccc(CNCC(=O)N2CCCC2)c1F. The van der Waals surface area contributed by atoms with Crippen LogP contribution in [0.2, 0.25) is 0 Å². The van der Waals surface area contributed by atoms with Gasteiger partial charge in [0.05, 0.1) is 13.7 Å². The van der Waals surface area contributed by atoms with Gasteiger partial charge in [0.15, 0.2) is 11.6 Å². The fourth-order valence-electron chi connectivity index (χ4n) is 2.23. The van der Waals surface area contributed by atoms with Crippen LogP contribution in [0.3, 0.4) is 0 Å². The minimum atomic E-state index is -0.369. The Labute approximate surface area is 112 Å². The molecule has 0 bridgehead atoms. The molecule has 1 aliphatic heterocycles. The molecule has 0 aliphatic carbocycles. The lowest BCUT2D eigenvalue weighted by atomic mass is 10.2. The maximum absolute atomic E-state index is 13.8. The molecule has 1 aromatic carbocycles. The lowest BCUT2D eigenvalue weighted by Gasteiger charge is -2.15. The number of rotatable bonds is 5. The molecule has 0 unspecified atom stereocenters. The first kappa shape index (κ1) is 13.8. The molecule has 1 amide bonds. The summed E-state index contributed by atoms with van der Waals surface area (Å²) in [6.07, 6.45) is 2.16. The first-order chi connectivity index (χ1) is 9.22. The molecular weight excluding hydrogens is 247 g/mol. The van der Waals surface area contributed by atoms with Gasteiger partial charge in [-0.25, -0.2) is 4.39 Å². The largest absolute Gasteiger partial charge is 0.494 e. The first-order valence-corrected chi connectivity index (χ1v) is 6.52. The Morgan fingerprint density at radius 3 is 2.84 bits per heavy atom. The van der Waals surface area contributed by atoms with Crippen molar-refractivity contribution < 1.29 is 13.9 Å². The van der Waals surface area contributed by atoms with Crippen molar-refractivity contribution in [1.29, 1.82) is 0 Å². The van der Waals surface area contributed by atoms with Crippen molar-refractivity contribution in [2.45, 2.75) is 19.4 Å². The number of methoxy groups -OCH3 is 1. The van der Waals surface area contributed by atoms with Gasteiger partial charge in [0.2, 0.25) is 5.91 Å². The fourth-order valence-corrected chi connectivity index (χ4v) is 2.23. The van der Waals surface area contributed by atoms with Crippen LogP contribution in [0.4, 0.5) is 4.39 Å². The van der Waals surface area contributed by atoms with Crippen molar-refractivity contribution in [1.82, 2.24) is 10.2 Å². The molecule has 1 saturated heterocycles. The second-order valence-electron chi connectivity index (χ2n) is 4.62. The zero-order valence-electron chi connectivity index (χ0n) is 11.1. The van der Waals surface area contributed by atoms with Crippen LogP contribution in [0.15, 0.2) is 18.2 Å². The van der Waals surface area contributed by atoms with E-state index in [9.17, 15) is 9.18 Å². The summed E-state index contributed by atoms with van der Waals surface area (Å²) in [5.41, 5.74) is 0.508. The third-order valence-corrected chi connectivity index (χ3v) is 3.31. The highest BCUT2D eigenvalue weighted by atomic mass is 19.1. The number of carbonyl (C=O) groups is 1. The molecule has 1 fully saturated rings. The Bertz CT molecular complexity index is 445. The summed E-state index contributed by atoms with van der Waals surface area (Å²) >= 11 is 0. The van der Waals surface area contributed by atoms with Gasteiger partial charge >= 0.3 is 0 Å². The molecule has 1 heterocycles. The maximum Gasteiger partial charge on any atom is 0.236 e. The number of benzene rings is 1. The number of hydrogen-bond acceptors (Lipinski definition) is 3. The van der Waals surface area contributed by atoms with E-state index in [0.717, 1.165) is 25.9 Å². The summed E-state index contributed by atoms with van der Waals surface area (Å²) in [7, 11) is 1.44. The van der Waals surface area contributed by atoms with Gasteiger partial charge in [-0.1, -0.05) is 12.1 Å². The summed E-state index contributed by atoms with van der Waals surface area (Å²) in [5, 5.41) is 2.98. The normalized spacial score (nSPS) is 14.7. The Hall–Kier alpha value is -1.62. The number of ether oxygens (including phenoxy) is 1. The Balaban J connectivity index is 1.83. The average Bonchev–Trinajstić information content (AvgIpc) is 2.94. The molecule has 1 aliphatic rings. The Kier molecular flexibility index (Phi) is 4.74. The topological polar surface area (TPSA) is 41.6 Å². The highest BCUT2D eigenvalue weighted by molar-refractivity contribution is 5.78. The van der Waals surface area contributed by atoms with Crippen molar-refractivity contribution in [2.75, 3.05) is 26.7 Å². The number of likely N-dealkylation sites (tertiary alicyclic amines) is 1. The lowest BCUT2D eigenvalue weighted by molar-refractivity contribution is -0.129. The van der Waals surface area contributed by atoms with E-state index >= 15 is 0 Å². The van der Waals surface area contributed by atoms with E-state index in [0.29, 0.717) is 12.1 Å². The highest BCUT2D eigenvalue weighted by Gasteiger charge is 2.17. The van der Waals surface area contributed by atoms with Gasteiger partial charge in [0, 0.05) is 25.2 Å². The van der Waals surface area contributed by atoms with E-state index in [1.165, 1.54) is 7.11 Å². The number of amides is 1. The van der Waals surface area contributed by atoms with E-state index in [-0.39, 0.29) is 24.0 Å². The Morgan fingerprint density at radius 1 is 1.42 bits per heavy atom. The van der Waals surface area contributed by atoms with Crippen molar-refractivity contribution in [3.8, 4) is 5.75 Å². The molecular formula is C14H19FN2O2. The molecule has 5 heteroatoms. The van der Waals surface area contributed by atoms with Gasteiger partial charge in [-0.3, -0.25) is 4.79 Å². The average molecular weight is 266 g/mol. The van der Waals surface area contributed by atoms with Crippen molar-refractivity contribution >= 4 is 5.91 Å². The van der Waals surface area contributed by atoms with Crippen LogP contribution in [0.5, 0.6) is 5.75 Å². The van der Waals surface area contributed by atoms with Crippen molar-refractivity contribution in [3.63, 3.8) is 0 Å². The highest BCUT2D eigenvalue weighted by Crippen LogP contribution is 2.19. The third-order valence-electron chi connectivity index (χ3n) is 3.31. The zero-order chi connectivity index (χ0) is 13.7. The van der Waals surface area contributed by atoms with E-state index in [1.807, 2.05) is 4.90 Å². The predicted octanol–water partition coefficient (Wildman–Crippen LogP) is 1.55. The summed E-state index contributed by atoms with van der Waals surface area (Å²) in [5.74, 6) is -0.0582. The van der Waals surface area contributed by atoms with Crippen LogP contribution in [-0.2, 0) is 11.3 Å². The van der Waals surface area contributed by atoms with Crippen LogP contribution in [-0.4, -0.2) is 37.6 Å². The van der Waals surface area contributed by atoms with Gasteiger partial charge in [0.25, 0.3) is 0 Å². The number of carbonyl (C=O) groups excluding carboxylic acids is 1. The Morgan fingerprint density at radius 2 is 2.16 bits per heavy atom. The van der Waals surface area contributed by atoms with Gasteiger partial charge in [-0.2, -0.15) is 0 Å². The summed E-state index contributed by atoms with van der Waals surface area (Å²) in [6, 6.07) is 5.00. The molecule has 2 rings (SSSR count). The second-order valence-corrected chi connectivity index (χ2v) is 4.62. The monoisotopic (exact) mass is 266 g/mol. The number of halogens is 1. The van der Waals surface area contributed by atoms with Gasteiger partial charge < -0.3 is 15.0 Å². The van der Waals surface area contributed by atoms with Crippen LogP contribution in [0, 0.1) is 5.82 Å². The molecule has 19 heavy (non-hydrogen) atoms. The van der Waals surface area contributed by atoms with Crippen molar-refractivity contribution in [3.05, 3.63) is 29.6 Å². The smallest absolute Gasteiger partial charge is 0.236 e. The zero-order valence-corrected chi connectivity index (χ0v) is 11.1. The minimum absolute atomic E-state index is 0.0841. The first-order valence-electron chi connectivity index (χ1n) is 6.52. The molecule has 0 aromatic heterocycles. The van der Waals surface area contributed by atoms with E-state index in [2.05, 4.69) is 5.32 Å². The fraction of sp³-hybridized carbons (Fsp3) is 0.500. The molecule has 4 nitrogen and oxygen atoms in total. The van der Waals surface area contributed by atoms with Gasteiger partial charge in [-0.15, -0.1) is 0 Å². The summed E-state index contributed by atoms with van der Waals surface area (Å²) in [4.78, 5) is 13.6. The summed E-state index contributed by atoms with van der Waals surface area (Å²) in [6.45, 7) is 2.25. The second kappa shape index (κ2) is 6.52. The molecule has 1 aromatic rings. The predicted molar refractivity (Wildman–Crippen MR) is 70.5 cm³/mol. The van der Waals surface area contributed by atoms with Gasteiger partial charge in [0.1, 0.15) is 0 Å². The van der Waals surface area contributed by atoms with Crippen LogP contribution < -0.4 is 10.1 Å². The number of nitrogens with zero attached hydrogens (tertiary/aromatic N) is 1. The van der Waals surface area contributed by atoms with Crippen molar-refractivity contribution in [2.24, 2.45) is 0 Å². The quantitative estimate of drug-likeness (QED) is 0.879. The van der Waals surface area contributed by atoms with Crippen LogP contribution in [0.25, 0.3) is 0 Å². The third kappa shape index (κ3) is 3.44. The number of nitrogens with one attached hydrogen (secondary N) is 1. The number of hydrogen-bond donors (Lipinski definition) is 1. The molecule has 0 radical (unpaired) electrons. The lowest BCUT2D eigenvalue weighted by Crippen LogP contribution is -2.36. The maximum atomic E-state index is 13.8. The molecule has 1 N–H and O–H groups in total. The molecule has 0 saturated carbocycles. The standard InChI is InChI=1S/C14H19FN2O2/c1-19-12-6-4-5-11(14(12)15)9-16-10-13(18)17-7-2-3-8-17/h4-6,16H,2-3,7-10H2,1H3. The van der Waals surface area contributed by atoms with E-state index in [1.54, 1.807) is 18.2 Å². The van der Waals surface area contributed by atoms with E-state index < -0.39 is 0 Å². The van der Waals surface area contributed by atoms with E-state index in [4.69, 9.17) is 4.74 Å². The van der Waals surface area contributed by atoms with Gasteiger partial charge in [-0.05, 0) is 18.9 Å². The minimum Gasteiger partial charge on any atom is -0.494 e. The van der Waals surface area contributed by atoms with Crippen LogP contribution >= 0.6 is 0 Å². The molecule has 0 atom stereocenters. The molecule has 0 spiro atoms. The summed E-state index contributed by atoms with van der Waals surface area (Å²) < 4.78 is 18.8. The van der Waals surface area contributed by atoms with Crippen LogP contribution in [0.1, 0.15) is 18.4 Å². The molecule has 104 valence electrons.